The molecule has 1 aromatic rings. The van der Waals surface area contributed by atoms with E-state index in [9.17, 15) is 9.59 Å². The maximum Gasteiger partial charge on any atom is 0.251 e. The van der Waals surface area contributed by atoms with E-state index in [0.717, 1.165) is 19.3 Å². The number of fused-ring (bicyclic) bond motifs is 1. The fourth-order valence-corrected chi connectivity index (χ4v) is 3.55. The maximum absolute atomic E-state index is 12.8. The van der Waals surface area contributed by atoms with E-state index in [1.54, 1.807) is 19.1 Å². The van der Waals surface area contributed by atoms with Crippen LogP contribution >= 0.6 is 0 Å². The Morgan fingerprint density at radius 2 is 1.96 bits per heavy atom. The van der Waals surface area contributed by atoms with Crippen molar-refractivity contribution in [3.8, 4) is 0 Å². The molecular weight excluding hydrogens is 292 g/mol. The molecule has 1 saturated heterocycles. The summed E-state index contributed by atoms with van der Waals surface area (Å²) >= 11 is 0. The SMILES string of the molecule is C[C@H](NC(=O)c1ccccc1)C(=O)N1CCO[C@H]2CCCC[C@H]21. The van der Waals surface area contributed by atoms with Crippen LogP contribution in [0, 0.1) is 0 Å². The molecule has 0 spiro atoms. The summed E-state index contributed by atoms with van der Waals surface area (Å²) in [6, 6.07) is 8.63. The third kappa shape index (κ3) is 3.55. The zero-order valence-electron chi connectivity index (χ0n) is 13.5. The highest BCUT2D eigenvalue weighted by Gasteiger charge is 2.38. The van der Waals surface area contributed by atoms with E-state index < -0.39 is 6.04 Å². The average Bonchev–Trinajstić information content (AvgIpc) is 2.61. The summed E-state index contributed by atoms with van der Waals surface area (Å²) in [6.07, 6.45) is 4.50. The highest BCUT2D eigenvalue weighted by atomic mass is 16.5. The Bertz CT molecular complexity index is 559. The normalized spacial score (nSPS) is 25.3. The van der Waals surface area contributed by atoms with Crippen molar-refractivity contribution in [2.75, 3.05) is 13.2 Å². The van der Waals surface area contributed by atoms with E-state index in [2.05, 4.69) is 5.32 Å². The molecule has 0 aromatic heterocycles. The molecule has 2 amide bonds. The Morgan fingerprint density at radius 1 is 1.22 bits per heavy atom. The van der Waals surface area contributed by atoms with Crippen LogP contribution in [0.4, 0.5) is 0 Å². The van der Waals surface area contributed by atoms with Crippen LogP contribution in [0.25, 0.3) is 0 Å². The first-order chi connectivity index (χ1) is 11.2. The van der Waals surface area contributed by atoms with Crippen molar-refractivity contribution in [1.29, 1.82) is 0 Å². The molecule has 124 valence electrons. The lowest BCUT2D eigenvalue weighted by Crippen LogP contribution is -2.58. The monoisotopic (exact) mass is 316 g/mol. The van der Waals surface area contributed by atoms with E-state index >= 15 is 0 Å². The van der Waals surface area contributed by atoms with E-state index in [-0.39, 0.29) is 24.0 Å². The Labute approximate surface area is 137 Å². The van der Waals surface area contributed by atoms with Gasteiger partial charge in [-0.2, -0.15) is 0 Å². The quantitative estimate of drug-likeness (QED) is 0.927. The van der Waals surface area contributed by atoms with Gasteiger partial charge in [-0.05, 0) is 31.9 Å². The first kappa shape index (κ1) is 16.0. The van der Waals surface area contributed by atoms with Crippen LogP contribution in [0.1, 0.15) is 43.0 Å². The van der Waals surface area contributed by atoms with Crippen molar-refractivity contribution in [2.24, 2.45) is 0 Å². The summed E-state index contributed by atoms with van der Waals surface area (Å²) in [5.41, 5.74) is 0.574. The summed E-state index contributed by atoms with van der Waals surface area (Å²) in [5, 5.41) is 2.82. The highest BCUT2D eigenvalue weighted by Crippen LogP contribution is 2.28. The number of benzene rings is 1. The van der Waals surface area contributed by atoms with Gasteiger partial charge in [0.15, 0.2) is 0 Å². The van der Waals surface area contributed by atoms with E-state index in [1.807, 2.05) is 23.1 Å². The van der Waals surface area contributed by atoms with Crippen molar-refractivity contribution < 1.29 is 14.3 Å². The molecule has 1 aromatic carbocycles. The molecule has 3 rings (SSSR count). The molecule has 2 aliphatic rings. The minimum atomic E-state index is -0.525. The van der Waals surface area contributed by atoms with Crippen molar-refractivity contribution in [2.45, 2.75) is 50.8 Å². The van der Waals surface area contributed by atoms with Crippen LogP contribution in [0.5, 0.6) is 0 Å². The van der Waals surface area contributed by atoms with Gasteiger partial charge in [0.25, 0.3) is 5.91 Å². The molecule has 5 heteroatoms. The second-order valence-corrected chi connectivity index (χ2v) is 6.35. The van der Waals surface area contributed by atoms with Crippen molar-refractivity contribution in [3.63, 3.8) is 0 Å². The number of hydrogen-bond acceptors (Lipinski definition) is 3. The van der Waals surface area contributed by atoms with Gasteiger partial charge in [0.05, 0.1) is 18.8 Å². The average molecular weight is 316 g/mol. The molecule has 0 bridgehead atoms. The van der Waals surface area contributed by atoms with Crippen LogP contribution < -0.4 is 5.32 Å². The molecule has 1 N–H and O–H groups in total. The van der Waals surface area contributed by atoms with Crippen LogP contribution in [0.2, 0.25) is 0 Å². The number of carbonyl (C=O) groups excluding carboxylic acids is 2. The number of rotatable bonds is 3. The minimum absolute atomic E-state index is 0.00511. The van der Waals surface area contributed by atoms with Crippen LogP contribution in [-0.4, -0.2) is 48.1 Å². The third-order valence-corrected chi connectivity index (χ3v) is 4.77. The number of nitrogens with zero attached hydrogens (tertiary/aromatic N) is 1. The maximum atomic E-state index is 12.8. The Hall–Kier alpha value is -1.88. The summed E-state index contributed by atoms with van der Waals surface area (Å²) in [5.74, 6) is -0.214. The van der Waals surface area contributed by atoms with Crippen LogP contribution in [0.15, 0.2) is 30.3 Å². The minimum Gasteiger partial charge on any atom is -0.374 e. The van der Waals surface area contributed by atoms with Gasteiger partial charge >= 0.3 is 0 Å². The number of amides is 2. The fraction of sp³-hybridized carbons (Fsp3) is 0.556. The molecule has 5 nitrogen and oxygen atoms in total. The van der Waals surface area contributed by atoms with Crippen molar-refractivity contribution in [3.05, 3.63) is 35.9 Å². The number of ether oxygens (including phenoxy) is 1. The van der Waals surface area contributed by atoms with Crippen molar-refractivity contribution in [1.82, 2.24) is 10.2 Å². The first-order valence-corrected chi connectivity index (χ1v) is 8.45. The molecule has 1 aliphatic carbocycles. The van der Waals surface area contributed by atoms with Gasteiger partial charge in [0, 0.05) is 12.1 Å². The molecule has 1 saturated carbocycles. The Kier molecular flexibility index (Phi) is 4.96. The van der Waals surface area contributed by atoms with Gasteiger partial charge in [-0.25, -0.2) is 0 Å². The predicted octanol–water partition coefficient (Wildman–Crippen LogP) is 1.97. The summed E-state index contributed by atoms with van der Waals surface area (Å²) in [6.45, 7) is 2.97. The second-order valence-electron chi connectivity index (χ2n) is 6.35. The summed E-state index contributed by atoms with van der Waals surface area (Å²) in [7, 11) is 0. The Balaban J connectivity index is 1.63. The smallest absolute Gasteiger partial charge is 0.251 e. The van der Waals surface area contributed by atoms with Gasteiger partial charge in [0.1, 0.15) is 6.04 Å². The molecule has 3 atom stereocenters. The molecular formula is C18H24N2O3. The summed E-state index contributed by atoms with van der Waals surface area (Å²) < 4.78 is 5.81. The predicted molar refractivity (Wildman–Crippen MR) is 87.1 cm³/mol. The van der Waals surface area contributed by atoms with E-state index in [0.29, 0.717) is 18.7 Å². The first-order valence-electron chi connectivity index (χ1n) is 8.45. The number of hydrogen-bond donors (Lipinski definition) is 1. The zero-order valence-corrected chi connectivity index (χ0v) is 13.5. The largest absolute Gasteiger partial charge is 0.374 e. The lowest BCUT2D eigenvalue weighted by molar-refractivity contribution is -0.151. The van der Waals surface area contributed by atoms with Gasteiger partial charge in [-0.15, -0.1) is 0 Å². The van der Waals surface area contributed by atoms with Crippen LogP contribution in [0.3, 0.4) is 0 Å². The molecule has 2 fully saturated rings. The molecule has 0 unspecified atom stereocenters. The highest BCUT2D eigenvalue weighted by molar-refractivity contribution is 5.97. The molecule has 1 aliphatic heterocycles. The van der Waals surface area contributed by atoms with E-state index in [4.69, 9.17) is 4.74 Å². The third-order valence-electron chi connectivity index (χ3n) is 4.77. The fourth-order valence-electron chi connectivity index (χ4n) is 3.55. The zero-order chi connectivity index (χ0) is 16.2. The van der Waals surface area contributed by atoms with Gasteiger partial charge in [-0.3, -0.25) is 9.59 Å². The summed E-state index contributed by atoms with van der Waals surface area (Å²) in [4.78, 5) is 26.9. The second kappa shape index (κ2) is 7.13. The molecule has 0 radical (unpaired) electrons. The lowest BCUT2D eigenvalue weighted by Gasteiger charge is -2.44. The number of morpholine rings is 1. The van der Waals surface area contributed by atoms with Gasteiger partial charge in [-0.1, -0.05) is 31.0 Å². The molecule has 1 heterocycles. The van der Waals surface area contributed by atoms with Gasteiger partial charge < -0.3 is 15.0 Å². The topological polar surface area (TPSA) is 58.6 Å². The lowest BCUT2D eigenvalue weighted by atomic mass is 9.90. The van der Waals surface area contributed by atoms with E-state index in [1.165, 1.54) is 6.42 Å². The van der Waals surface area contributed by atoms with Crippen LogP contribution in [-0.2, 0) is 9.53 Å². The number of carbonyl (C=O) groups is 2. The number of nitrogens with one attached hydrogen (secondary N) is 1. The molecule has 23 heavy (non-hydrogen) atoms. The van der Waals surface area contributed by atoms with Crippen molar-refractivity contribution >= 4 is 11.8 Å². The Morgan fingerprint density at radius 3 is 2.74 bits per heavy atom. The van der Waals surface area contributed by atoms with Gasteiger partial charge in [0.2, 0.25) is 5.91 Å². The standard InChI is InChI=1S/C18H24N2O3/c1-13(19-17(21)14-7-3-2-4-8-14)18(22)20-11-12-23-16-10-6-5-9-15(16)20/h2-4,7-8,13,15-16H,5-6,9-12H2,1H3,(H,19,21)/t13-,15+,16-/m0/s1.